The van der Waals surface area contributed by atoms with Crippen molar-refractivity contribution in [3.63, 3.8) is 0 Å². The molecule has 0 bridgehead atoms. The fraction of sp³-hybridized carbons (Fsp3) is 0. The first-order valence-corrected chi connectivity index (χ1v) is 3.63. The Balaban J connectivity index is 3.00. The third-order valence-corrected chi connectivity index (χ3v) is 1.61. The van der Waals surface area contributed by atoms with Gasteiger partial charge in [-0.25, -0.2) is 9.19 Å². The molecular weight excluding hydrogens is 152 g/mol. The van der Waals surface area contributed by atoms with Gasteiger partial charge in [0.25, 0.3) is 0 Å². The van der Waals surface area contributed by atoms with Crippen molar-refractivity contribution < 1.29 is 8.76 Å². The van der Waals surface area contributed by atoms with E-state index >= 15 is 0 Å². The minimum atomic E-state index is -1.96. The number of pyridine rings is 1. The Labute approximate surface area is 60.4 Å². The van der Waals surface area contributed by atoms with Crippen LogP contribution in [0.5, 0.6) is 0 Å². The van der Waals surface area contributed by atoms with Gasteiger partial charge in [-0.05, 0) is 12.1 Å². The summed E-state index contributed by atoms with van der Waals surface area (Å²) in [5, 5.41) is 0. The van der Waals surface area contributed by atoms with Gasteiger partial charge in [-0.1, -0.05) is 0 Å². The second-order valence-corrected chi connectivity index (χ2v) is 2.64. The van der Waals surface area contributed by atoms with Crippen molar-refractivity contribution in [2.45, 2.75) is 4.90 Å². The molecule has 0 aliphatic carbocycles. The quantitative estimate of drug-likeness (QED) is 0.574. The van der Waals surface area contributed by atoms with Gasteiger partial charge in [-0.2, -0.15) is 0 Å². The number of nitrogens with zero attached hydrogens (tertiary/aromatic N) is 1. The summed E-state index contributed by atoms with van der Waals surface area (Å²) in [5.41, 5.74) is 5.24. The number of anilines is 1. The molecule has 0 amide bonds. The first kappa shape index (κ1) is 7.17. The Morgan fingerprint density at radius 1 is 1.60 bits per heavy atom. The van der Waals surface area contributed by atoms with E-state index < -0.39 is 11.1 Å². The number of hydrogen-bond donors (Lipinski definition) is 2. The molecule has 3 N–H and O–H groups in total. The van der Waals surface area contributed by atoms with Crippen molar-refractivity contribution >= 4 is 16.9 Å². The van der Waals surface area contributed by atoms with Crippen LogP contribution in [0.3, 0.4) is 0 Å². The van der Waals surface area contributed by atoms with E-state index in [2.05, 4.69) is 4.98 Å². The first-order valence-electron chi connectivity index (χ1n) is 2.52. The highest BCUT2D eigenvalue weighted by Crippen LogP contribution is 2.03. The van der Waals surface area contributed by atoms with Crippen molar-refractivity contribution in [3.8, 4) is 0 Å². The minimum absolute atomic E-state index is 0.259. The highest BCUT2D eigenvalue weighted by Gasteiger charge is 1.97. The van der Waals surface area contributed by atoms with Gasteiger partial charge < -0.3 is 10.3 Å². The summed E-state index contributed by atoms with van der Waals surface area (Å²) in [6.07, 6.45) is 1.27. The smallest absolute Gasteiger partial charge is 0.188 e. The molecule has 5 heteroatoms. The molecule has 0 fully saturated rings. The zero-order valence-corrected chi connectivity index (χ0v) is 5.84. The average Bonchev–Trinajstić information content (AvgIpc) is 1.88. The zero-order chi connectivity index (χ0) is 7.56. The van der Waals surface area contributed by atoms with Crippen LogP contribution in [0.2, 0.25) is 0 Å². The maximum atomic E-state index is 10.3. The van der Waals surface area contributed by atoms with Crippen molar-refractivity contribution in [1.82, 2.24) is 4.98 Å². The Bertz CT molecular complexity index is 246. The fourth-order valence-electron chi connectivity index (χ4n) is 0.495. The summed E-state index contributed by atoms with van der Waals surface area (Å²) in [4.78, 5) is 3.88. The molecule has 1 rings (SSSR count). The summed E-state index contributed by atoms with van der Waals surface area (Å²) in [7, 11) is 0. The molecule has 1 unspecified atom stereocenters. The lowest BCUT2D eigenvalue weighted by atomic mass is 10.5. The Morgan fingerprint density at radius 3 is 2.70 bits per heavy atom. The van der Waals surface area contributed by atoms with Crippen molar-refractivity contribution in [1.29, 1.82) is 0 Å². The summed E-state index contributed by atoms with van der Waals surface area (Å²) in [6, 6.07) is 2.93. The Hall–Kier alpha value is -0.940. The molecule has 0 aliphatic rings. The SMILES string of the molecule is Nc1ccc(S(=O)O)cn1. The largest absolute Gasteiger partial charge is 0.384 e. The third-order valence-electron chi connectivity index (χ3n) is 0.961. The highest BCUT2D eigenvalue weighted by atomic mass is 32.2. The highest BCUT2D eigenvalue weighted by molar-refractivity contribution is 7.79. The van der Waals surface area contributed by atoms with Gasteiger partial charge in [0.15, 0.2) is 11.1 Å². The molecule has 0 aromatic carbocycles. The van der Waals surface area contributed by atoms with E-state index in [9.17, 15) is 4.21 Å². The van der Waals surface area contributed by atoms with E-state index in [4.69, 9.17) is 10.3 Å². The second-order valence-electron chi connectivity index (χ2n) is 1.67. The van der Waals surface area contributed by atoms with Gasteiger partial charge in [0, 0.05) is 6.20 Å². The molecule has 0 saturated carbocycles. The van der Waals surface area contributed by atoms with E-state index in [-0.39, 0.29) is 4.90 Å². The molecular formula is C5H6N2O2S. The van der Waals surface area contributed by atoms with Crippen LogP contribution >= 0.6 is 0 Å². The number of aromatic nitrogens is 1. The van der Waals surface area contributed by atoms with Gasteiger partial charge >= 0.3 is 0 Å². The normalized spacial score (nSPS) is 12.9. The lowest BCUT2D eigenvalue weighted by Crippen LogP contribution is -1.92. The molecule has 10 heavy (non-hydrogen) atoms. The molecule has 4 nitrogen and oxygen atoms in total. The predicted octanol–water partition coefficient (Wildman–Crippen LogP) is 0.244. The topological polar surface area (TPSA) is 76.2 Å². The van der Waals surface area contributed by atoms with Gasteiger partial charge in [-0.3, -0.25) is 0 Å². The first-order chi connectivity index (χ1) is 4.70. The maximum absolute atomic E-state index is 10.3. The van der Waals surface area contributed by atoms with Crippen LogP contribution < -0.4 is 5.73 Å². The number of nitrogen functional groups attached to an aromatic ring is 1. The van der Waals surface area contributed by atoms with Crippen molar-refractivity contribution in [2.24, 2.45) is 0 Å². The van der Waals surface area contributed by atoms with E-state index in [1.807, 2.05) is 0 Å². The Kier molecular flexibility index (Phi) is 1.98. The molecule has 1 aromatic heterocycles. The summed E-state index contributed by atoms with van der Waals surface area (Å²) in [5.74, 6) is 0.342. The van der Waals surface area contributed by atoms with Gasteiger partial charge in [0.1, 0.15) is 5.82 Å². The molecule has 0 spiro atoms. The van der Waals surface area contributed by atoms with Gasteiger partial charge in [-0.15, -0.1) is 0 Å². The van der Waals surface area contributed by atoms with Crippen LogP contribution in [-0.2, 0) is 11.1 Å². The van der Waals surface area contributed by atoms with E-state index in [1.165, 1.54) is 18.3 Å². The van der Waals surface area contributed by atoms with E-state index in [1.54, 1.807) is 0 Å². The standard InChI is InChI=1S/C5H6N2O2S/c6-5-2-1-4(3-7-5)10(8)9/h1-3H,(H2,6,7)(H,8,9). The minimum Gasteiger partial charge on any atom is -0.384 e. The van der Waals surface area contributed by atoms with Crippen LogP contribution in [0, 0.1) is 0 Å². The molecule has 1 aromatic rings. The molecule has 0 radical (unpaired) electrons. The summed E-state index contributed by atoms with van der Waals surface area (Å²) >= 11 is -1.96. The average molecular weight is 158 g/mol. The number of hydrogen-bond acceptors (Lipinski definition) is 3. The van der Waals surface area contributed by atoms with Crippen LogP contribution in [0.1, 0.15) is 0 Å². The monoisotopic (exact) mass is 158 g/mol. The lowest BCUT2D eigenvalue weighted by Gasteiger charge is -1.92. The zero-order valence-electron chi connectivity index (χ0n) is 5.02. The molecule has 0 aliphatic heterocycles. The number of rotatable bonds is 1. The number of nitrogens with two attached hydrogens (primary N) is 1. The molecule has 1 atom stereocenters. The van der Waals surface area contributed by atoms with E-state index in [0.717, 1.165) is 0 Å². The van der Waals surface area contributed by atoms with Gasteiger partial charge in [0.05, 0.1) is 4.90 Å². The van der Waals surface area contributed by atoms with Crippen LogP contribution in [0.25, 0.3) is 0 Å². The maximum Gasteiger partial charge on any atom is 0.188 e. The van der Waals surface area contributed by atoms with Crippen LogP contribution in [-0.4, -0.2) is 13.7 Å². The molecule has 54 valence electrons. The van der Waals surface area contributed by atoms with Crippen molar-refractivity contribution in [2.75, 3.05) is 5.73 Å². The second kappa shape index (κ2) is 2.76. The molecule has 1 heterocycles. The summed E-state index contributed by atoms with van der Waals surface area (Å²) in [6.45, 7) is 0. The van der Waals surface area contributed by atoms with E-state index in [0.29, 0.717) is 5.82 Å². The molecule has 0 saturated heterocycles. The lowest BCUT2D eigenvalue weighted by molar-refractivity contribution is 0.564. The van der Waals surface area contributed by atoms with Crippen LogP contribution in [0.15, 0.2) is 23.2 Å². The fourth-order valence-corrected chi connectivity index (χ4v) is 0.822. The van der Waals surface area contributed by atoms with Crippen LogP contribution in [0.4, 0.5) is 5.82 Å². The third kappa shape index (κ3) is 1.52. The van der Waals surface area contributed by atoms with Gasteiger partial charge in [0.2, 0.25) is 0 Å². The van der Waals surface area contributed by atoms with Crippen molar-refractivity contribution in [3.05, 3.63) is 18.3 Å². The Morgan fingerprint density at radius 2 is 2.30 bits per heavy atom. The predicted molar refractivity (Wildman–Crippen MR) is 37.7 cm³/mol. The summed E-state index contributed by atoms with van der Waals surface area (Å²) < 4.78 is 18.8.